The van der Waals surface area contributed by atoms with Gasteiger partial charge in [0.25, 0.3) is 0 Å². The van der Waals surface area contributed by atoms with Gasteiger partial charge in [-0.25, -0.2) is 4.99 Å². The number of hydrogen-bond donors (Lipinski definition) is 2. The Morgan fingerprint density at radius 1 is 1.15 bits per heavy atom. The van der Waals surface area contributed by atoms with Crippen LogP contribution < -0.4 is 15.4 Å². The minimum absolute atomic E-state index is 0. The second kappa shape index (κ2) is 16.1. The molecule has 2 N–H and O–H groups in total. The van der Waals surface area contributed by atoms with Crippen LogP contribution >= 0.6 is 24.0 Å². The number of nitrogens with zero attached hydrogens (tertiary/aromatic N) is 2. The minimum atomic E-state index is 0. The Hall–Kier alpha value is -1.06. The zero-order chi connectivity index (χ0) is 18.3. The van der Waals surface area contributed by atoms with Crippen LogP contribution in [0.15, 0.2) is 29.3 Å². The van der Waals surface area contributed by atoms with Gasteiger partial charge in [0.2, 0.25) is 0 Å². The maximum atomic E-state index is 5.78. The predicted octanol–water partition coefficient (Wildman–Crippen LogP) is 2.73. The van der Waals surface area contributed by atoms with Gasteiger partial charge >= 0.3 is 0 Å². The standard InChI is InChI=1S/C19H34N4O2.HI/c1-5-20-19(21-11-8-13-24-6-2)22-16-17-9-7-10-18(15-17)25-14-12-23(3)4;/h7,9-10,15H,5-6,8,11-14,16H2,1-4H3,(H2,20,21,22);1H. The smallest absolute Gasteiger partial charge is 0.191 e. The third kappa shape index (κ3) is 12.3. The molecule has 0 radical (unpaired) electrons. The number of ether oxygens (including phenoxy) is 2. The summed E-state index contributed by atoms with van der Waals surface area (Å²) < 4.78 is 11.1. The molecule has 0 unspecified atom stereocenters. The van der Waals surface area contributed by atoms with Crippen LogP contribution in [0.5, 0.6) is 5.75 Å². The quantitative estimate of drug-likeness (QED) is 0.210. The topological polar surface area (TPSA) is 58.1 Å². The van der Waals surface area contributed by atoms with E-state index in [4.69, 9.17) is 9.47 Å². The van der Waals surface area contributed by atoms with Gasteiger partial charge in [-0.1, -0.05) is 12.1 Å². The number of hydrogen-bond acceptors (Lipinski definition) is 4. The average molecular weight is 478 g/mol. The fourth-order valence-corrected chi connectivity index (χ4v) is 2.12. The normalized spacial score (nSPS) is 11.2. The molecular formula is C19H35IN4O2. The number of nitrogens with one attached hydrogen (secondary N) is 2. The summed E-state index contributed by atoms with van der Waals surface area (Å²) in [4.78, 5) is 6.75. The van der Waals surface area contributed by atoms with Crippen molar-refractivity contribution in [1.82, 2.24) is 15.5 Å². The van der Waals surface area contributed by atoms with Crippen molar-refractivity contribution >= 4 is 29.9 Å². The molecule has 0 aliphatic carbocycles. The number of rotatable bonds is 12. The summed E-state index contributed by atoms with van der Waals surface area (Å²) in [6.07, 6.45) is 0.966. The van der Waals surface area contributed by atoms with Crippen molar-refractivity contribution in [3.8, 4) is 5.75 Å². The lowest BCUT2D eigenvalue weighted by Crippen LogP contribution is -2.38. The molecule has 0 aliphatic heterocycles. The van der Waals surface area contributed by atoms with Crippen LogP contribution in [0.3, 0.4) is 0 Å². The van der Waals surface area contributed by atoms with Crippen LogP contribution in [-0.2, 0) is 11.3 Å². The Labute approximate surface area is 175 Å². The zero-order valence-corrected chi connectivity index (χ0v) is 18.9. The second-order valence-corrected chi connectivity index (χ2v) is 5.97. The molecule has 0 heterocycles. The van der Waals surface area contributed by atoms with E-state index in [0.717, 1.165) is 56.5 Å². The van der Waals surface area contributed by atoms with Gasteiger partial charge in [0.05, 0.1) is 6.54 Å². The summed E-state index contributed by atoms with van der Waals surface area (Å²) in [5.41, 5.74) is 1.13. The summed E-state index contributed by atoms with van der Waals surface area (Å²) in [5.74, 6) is 1.72. The van der Waals surface area contributed by atoms with E-state index in [9.17, 15) is 0 Å². The molecule has 0 bridgehead atoms. The van der Waals surface area contributed by atoms with Crippen molar-refractivity contribution in [3.63, 3.8) is 0 Å². The molecule has 150 valence electrons. The van der Waals surface area contributed by atoms with Crippen molar-refractivity contribution in [2.24, 2.45) is 4.99 Å². The van der Waals surface area contributed by atoms with Crippen molar-refractivity contribution in [2.45, 2.75) is 26.8 Å². The van der Waals surface area contributed by atoms with E-state index in [1.54, 1.807) is 0 Å². The van der Waals surface area contributed by atoms with Gasteiger partial charge in [-0.15, -0.1) is 24.0 Å². The molecule has 7 heteroatoms. The fraction of sp³-hybridized carbons (Fsp3) is 0.632. The van der Waals surface area contributed by atoms with Crippen LogP contribution in [0.2, 0.25) is 0 Å². The van der Waals surface area contributed by atoms with E-state index in [-0.39, 0.29) is 24.0 Å². The number of aliphatic imine (C=N–C) groups is 1. The number of benzene rings is 1. The maximum absolute atomic E-state index is 5.78. The Morgan fingerprint density at radius 3 is 2.65 bits per heavy atom. The van der Waals surface area contributed by atoms with Crippen molar-refractivity contribution in [2.75, 3.05) is 53.6 Å². The first-order chi connectivity index (χ1) is 12.2. The Balaban J connectivity index is 0.00000625. The number of halogens is 1. The highest BCUT2D eigenvalue weighted by molar-refractivity contribution is 14.0. The van der Waals surface area contributed by atoms with Gasteiger partial charge in [0.1, 0.15) is 12.4 Å². The molecule has 0 saturated heterocycles. The third-order valence-electron chi connectivity index (χ3n) is 3.43. The molecule has 0 amide bonds. The fourth-order valence-electron chi connectivity index (χ4n) is 2.12. The van der Waals surface area contributed by atoms with Gasteiger partial charge in [0, 0.05) is 32.8 Å². The highest BCUT2D eigenvalue weighted by atomic mass is 127. The highest BCUT2D eigenvalue weighted by Crippen LogP contribution is 2.14. The Morgan fingerprint density at radius 2 is 1.96 bits per heavy atom. The number of guanidine groups is 1. The molecule has 26 heavy (non-hydrogen) atoms. The molecule has 0 atom stereocenters. The molecule has 1 rings (SSSR count). The first kappa shape index (κ1) is 24.9. The molecule has 6 nitrogen and oxygen atoms in total. The van der Waals surface area contributed by atoms with Crippen LogP contribution in [-0.4, -0.2) is 64.4 Å². The predicted molar refractivity (Wildman–Crippen MR) is 120 cm³/mol. The average Bonchev–Trinajstić information content (AvgIpc) is 2.59. The Bertz CT molecular complexity index is 498. The summed E-state index contributed by atoms with van der Waals surface area (Å²) in [6.45, 7) is 9.50. The van der Waals surface area contributed by atoms with Gasteiger partial charge in [-0.2, -0.15) is 0 Å². The van der Waals surface area contributed by atoms with Crippen LogP contribution in [0, 0.1) is 0 Å². The molecule has 0 aliphatic rings. The van der Waals surface area contributed by atoms with Gasteiger partial charge < -0.3 is 25.0 Å². The van der Waals surface area contributed by atoms with Crippen LogP contribution in [0.1, 0.15) is 25.8 Å². The molecule has 0 saturated carbocycles. The second-order valence-electron chi connectivity index (χ2n) is 5.97. The lowest BCUT2D eigenvalue weighted by atomic mass is 10.2. The van der Waals surface area contributed by atoms with Gasteiger partial charge in [-0.05, 0) is 52.1 Å². The minimum Gasteiger partial charge on any atom is -0.492 e. The third-order valence-corrected chi connectivity index (χ3v) is 3.43. The van der Waals surface area contributed by atoms with E-state index in [1.807, 2.05) is 33.2 Å². The van der Waals surface area contributed by atoms with Gasteiger partial charge in [-0.3, -0.25) is 0 Å². The lowest BCUT2D eigenvalue weighted by Gasteiger charge is -2.12. The van der Waals surface area contributed by atoms with Crippen molar-refractivity contribution in [3.05, 3.63) is 29.8 Å². The molecule has 1 aromatic carbocycles. The lowest BCUT2D eigenvalue weighted by molar-refractivity contribution is 0.145. The van der Waals surface area contributed by atoms with Crippen LogP contribution in [0.25, 0.3) is 0 Å². The monoisotopic (exact) mass is 478 g/mol. The summed E-state index contributed by atoms with van der Waals surface area (Å²) >= 11 is 0. The largest absolute Gasteiger partial charge is 0.492 e. The van der Waals surface area contributed by atoms with E-state index < -0.39 is 0 Å². The van der Waals surface area contributed by atoms with E-state index >= 15 is 0 Å². The maximum Gasteiger partial charge on any atom is 0.191 e. The SMILES string of the molecule is CCNC(=NCc1cccc(OCCN(C)C)c1)NCCCOCC.I. The molecule has 0 aromatic heterocycles. The van der Waals surface area contributed by atoms with Gasteiger partial charge in [0.15, 0.2) is 5.96 Å². The summed E-state index contributed by atoms with van der Waals surface area (Å²) in [6, 6.07) is 8.12. The van der Waals surface area contributed by atoms with E-state index in [2.05, 4.69) is 39.6 Å². The molecular weight excluding hydrogens is 443 g/mol. The van der Waals surface area contributed by atoms with E-state index in [0.29, 0.717) is 13.2 Å². The molecule has 0 spiro atoms. The summed E-state index contributed by atoms with van der Waals surface area (Å²) in [7, 11) is 4.08. The Kier molecular flexibility index (Phi) is 15.5. The molecule has 1 aromatic rings. The zero-order valence-electron chi connectivity index (χ0n) is 16.6. The summed E-state index contributed by atoms with van der Waals surface area (Å²) in [5, 5.41) is 6.60. The first-order valence-corrected chi connectivity index (χ1v) is 9.12. The van der Waals surface area contributed by atoms with Crippen molar-refractivity contribution in [1.29, 1.82) is 0 Å². The molecule has 0 fully saturated rings. The number of likely N-dealkylation sites (N-methyl/N-ethyl adjacent to an activating group) is 1. The van der Waals surface area contributed by atoms with Crippen molar-refractivity contribution < 1.29 is 9.47 Å². The van der Waals surface area contributed by atoms with E-state index in [1.165, 1.54) is 0 Å². The first-order valence-electron chi connectivity index (χ1n) is 9.12. The highest BCUT2D eigenvalue weighted by Gasteiger charge is 2.00. The van der Waals surface area contributed by atoms with Crippen LogP contribution in [0.4, 0.5) is 0 Å².